The van der Waals surface area contributed by atoms with E-state index in [2.05, 4.69) is 5.32 Å². The summed E-state index contributed by atoms with van der Waals surface area (Å²) in [5, 5.41) is 13.1. The van der Waals surface area contributed by atoms with Crippen LogP contribution in [0.1, 0.15) is 24.0 Å². The van der Waals surface area contributed by atoms with E-state index in [9.17, 15) is 14.3 Å². The molecule has 18 heavy (non-hydrogen) atoms. The van der Waals surface area contributed by atoms with Gasteiger partial charge in [0.2, 0.25) is 0 Å². The number of carbonyl (C=O) groups is 1. The Kier molecular flexibility index (Phi) is 2.23. The zero-order valence-electron chi connectivity index (χ0n) is 10.00. The Bertz CT molecular complexity index is 534. The first-order chi connectivity index (χ1) is 8.45. The van der Waals surface area contributed by atoms with Crippen LogP contribution in [0.25, 0.3) is 0 Å². The van der Waals surface area contributed by atoms with Crippen LogP contribution in [-0.4, -0.2) is 25.7 Å². The van der Waals surface area contributed by atoms with Gasteiger partial charge in [-0.25, -0.2) is 9.18 Å². The molecule has 1 amide bonds. The quantitative estimate of drug-likeness (QED) is 0.651. The zero-order valence-corrected chi connectivity index (χ0v) is 10.00. The topological polar surface area (TPSA) is 58.6 Å². The van der Waals surface area contributed by atoms with Crippen molar-refractivity contribution >= 4 is 13.9 Å². The summed E-state index contributed by atoms with van der Waals surface area (Å²) in [6.45, 7) is 0.179. The number of rotatable bonds is 0. The number of alkyl carbamates (subject to hydrolysis) is 1. The maximum absolute atomic E-state index is 14.0. The van der Waals surface area contributed by atoms with Crippen LogP contribution >= 0.6 is 0 Å². The van der Waals surface area contributed by atoms with Gasteiger partial charge in [-0.1, -0.05) is 12.1 Å². The van der Waals surface area contributed by atoms with E-state index in [1.807, 2.05) is 0 Å². The summed E-state index contributed by atoms with van der Waals surface area (Å²) in [4.78, 5) is 11.3. The van der Waals surface area contributed by atoms with Crippen LogP contribution in [0.5, 0.6) is 0 Å². The second kappa shape index (κ2) is 3.48. The molecule has 94 valence electrons. The second-order valence-electron chi connectivity index (χ2n) is 5.22. The minimum atomic E-state index is -1.21. The summed E-state index contributed by atoms with van der Waals surface area (Å²) < 4.78 is 18.9. The van der Waals surface area contributed by atoms with Gasteiger partial charge in [0.05, 0.1) is 5.50 Å². The number of cyclic esters (lactones) is 1. The number of hydrogen-bond donors (Lipinski definition) is 2. The number of hydrogen-bond acceptors (Lipinski definition) is 3. The van der Waals surface area contributed by atoms with Crippen LogP contribution in [0, 0.1) is 5.82 Å². The van der Waals surface area contributed by atoms with Crippen LogP contribution in [0.15, 0.2) is 18.2 Å². The molecule has 0 unspecified atom stereocenters. The molecule has 0 saturated carbocycles. The van der Waals surface area contributed by atoms with Gasteiger partial charge in [0.1, 0.15) is 25.8 Å². The van der Waals surface area contributed by atoms with Crippen LogP contribution < -0.4 is 5.32 Å². The molecule has 2 atom stereocenters. The van der Waals surface area contributed by atoms with Gasteiger partial charge in [-0.05, 0) is 24.5 Å². The predicted molar refractivity (Wildman–Crippen MR) is 64.2 cm³/mol. The Morgan fingerprint density at radius 1 is 1.44 bits per heavy atom. The zero-order chi connectivity index (χ0) is 13.0. The molecule has 1 aromatic rings. The molecular weight excluding hydrogens is 236 g/mol. The molecule has 1 aromatic carbocycles. The lowest BCUT2D eigenvalue weighted by atomic mass is 9.62. The van der Waals surface area contributed by atoms with E-state index in [4.69, 9.17) is 4.74 Å². The van der Waals surface area contributed by atoms with Gasteiger partial charge in [-0.3, -0.25) is 0 Å². The first-order valence-corrected chi connectivity index (χ1v) is 5.91. The molecule has 3 rings (SSSR count). The van der Waals surface area contributed by atoms with Crippen molar-refractivity contribution in [3.05, 3.63) is 35.1 Å². The Morgan fingerprint density at radius 3 is 2.89 bits per heavy atom. The molecule has 0 bridgehead atoms. The van der Waals surface area contributed by atoms with Crippen molar-refractivity contribution in [1.82, 2.24) is 5.32 Å². The Morgan fingerprint density at radius 2 is 2.22 bits per heavy atom. The van der Waals surface area contributed by atoms with E-state index in [1.54, 1.807) is 20.0 Å². The van der Waals surface area contributed by atoms with Crippen LogP contribution in [0.4, 0.5) is 9.18 Å². The highest BCUT2D eigenvalue weighted by molar-refractivity contribution is 6.15. The highest BCUT2D eigenvalue weighted by Crippen LogP contribution is 2.44. The lowest BCUT2D eigenvalue weighted by Crippen LogP contribution is -2.49. The number of amides is 1. The molecular formula is C12H13BFNO3. The third kappa shape index (κ3) is 1.45. The number of aliphatic hydroxyl groups is 1. The molecule has 0 radical (unpaired) electrons. The summed E-state index contributed by atoms with van der Waals surface area (Å²) in [7, 11) is 1.60. The van der Waals surface area contributed by atoms with Crippen molar-refractivity contribution < 1.29 is 19.0 Å². The van der Waals surface area contributed by atoms with E-state index in [0.717, 1.165) is 0 Å². The van der Waals surface area contributed by atoms with Gasteiger partial charge in [0.15, 0.2) is 0 Å². The molecule has 1 aliphatic carbocycles. The van der Waals surface area contributed by atoms with Gasteiger partial charge in [0.25, 0.3) is 0 Å². The molecule has 4 nitrogen and oxygen atoms in total. The van der Waals surface area contributed by atoms with Gasteiger partial charge in [-0.2, -0.15) is 0 Å². The summed E-state index contributed by atoms with van der Waals surface area (Å²) in [6.07, 6.45) is 0.416. The van der Waals surface area contributed by atoms with Crippen molar-refractivity contribution in [2.24, 2.45) is 0 Å². The van der Waals surface area contributed by atoms with E-state index in [0.29, 0.717) is 18.4 Å². The average molecular weight is 249 g/mol. The van der Waals surface area contributed by atoms with E-state index < -0.39 is 22.9 Å². The van der Waals surface area contributed by atoms with Gasteiger partial charge < -0.3 is 15.2 Å². The highest BCUT2D eigenvalue weighted by Gasteiger charge is 2.49. The third-order valence-corrected chi connectivity index (χ3v) is 3.90. The molecule has 2 aliphatic rings. The van der Waals surface area contributed by atoms with Crippen molar-refractivity contribution in [1.29, 1.82) is 0 Å². The van der Waals surface area contributed by atoms with Gasteiger partial charge in [0, 0.05) is 5.56 Å². The monoisotopic (exact) mass is 249 g/mol. The largest absolute Gasteiger partial charge is 0.447 e. The summed E-state index contributed by atoms with van der Waals surface area (Å²) in [6, 6.07) is 4.65. The SMILES string of the molecule is B[C@@]1(O)CC[C@@]2(COC(=O)N2)c2cccc(F)c21. The Hall–Kier alpha value is -1.56. The third-order valence-electron chi connectivity index (χ3n) is 3.90. The molecule has 1 saturated heterocycles. The fraction of sp³-hybridized carbons (Fsp3) is 0.417. The molecule has 2 N–H and O–H groups in total. The number of halogens is 1. The number of fused-ring (bicyclic) bond motifs is 2. The van der Waals surface area contributed by atoms with E-state index in [1.165, 1.54) is 6.07 Å². The second-order valence-corrected chi connectivity index (χ2v) is 5.22. The van der Waals surface area contributed by atoms with E-state index >= 15 is 0 Å². The fourth-order valence-electron chi connectivity index (χ4n) is 2.92. The van der Waals surface area contributed by atoms with Crippen molar-refractivity contribution in [2.45, 2.75) is 23.9 Å². The van der Waals surface area contributed by atoms with Crippen LogP contribution in [0.2, 0.25) is 0 Å². The Balaban J connectivity index is 2.20. The molecule has 0 aromatic heterocycles. The van der Waals surface area contributed by atoms with Crippen molar-refractivity contribution in [3.8, 4) is 0 Å². The molecule has 1 spiro atoms. The lowest BCUT2D eigenvalue weighted by molar-refractivity contribution is 0.0768. The normalized spacial score (nSPS) is 34.0. The smallest absolute Gasteiger partial charge is 0.408 e. The van der Waals surface area contributed by atoms with E-state index in [-0.39, 0.29) is 12.2 Å². The first-order valence-electron chi connectivity index (χ1n) is 5.91. The highest BCUT2D eigenvalue weighted by atomic mass is 19.1. The van der Waals surface area contributed by atoms with Crippen molar-refractivity contribution in [2.75, 3.05) is 6.61 Å². The predicted octanol–water partition coefficient (Wildman–Crippen LogP) is 0.333. The summed E-state index contributed by atoms with van der Waals surface area (Å²) in [5.41, 5.74) is -1.03. The number of nitrogens with one attached hydrogen (secondary N) is 1. The summed E-state index contributed by atoms with van der Waals surface area (Å²) >= 11 is 0. The maximum atomic E-state index is 14.0. The molecule has 1 fully saturated rings. The van der Waals surface area contributed by atoms with Gasteiger partial charge in [-0.15, -0.1) is 0 Å². The number of ether oxygens (including phenoxy) is 1. The van der Waals surface area contributed by atoms with Crippen molar-refractivity contribution in [3.63, 3.8) is 0 Å². The average Bonchev–Trinajstić information content (AvgIpc) is 2.68. The minimum Gasteiger partial charge on any atom is -0.447 e. The maximum Gasteiger partial charge on any atom is 0.408 e. The minimum absolute atomic E-state index is 0.179. The van der Waals surface area contributed by atoms with Gasteiger partial charge >= 0.3 is 6.09 Å². The molecule has 1 aliphatic heterocycles. The standard InChI is InChI=1S/C12H13BFNO3/c13-12(17)5-4-11(6-18-10(16)15-11)7-2-1-3-8(14)9(7)12/h1-3,17H,4-6,13H2,(H,15,16)/t11-,12-/m1/s1. The fourth-order valence-corrected chi connectivity index (χ4v) is 2.92. The van der Waals surface area contributed by atoms with Crippen LogP contribution in [0.3, 0.4) is 0 Å². The lowest BCUT2D eigenvalue weighted by Gasteiger charge is -2.41. The first kappa shape index (κ1) is 11.5. The number of benzene rings is 1. The molecule has 1 heterocycles. The Labute approximate surface area is 105 Å². The number of carbonyl (C=O) groups excluding carboxylic acids is 1. The molecule has 6 heteroatoms. The van der Waals surface area contributed by atoms with Crippen LogP contribution in [-0.2, 0) is 15.8 Å². The summed E-state index contributed by atoms with van der Waals surface area (Å²) in [5.74, 6) is -0.447.